The molecule has 0 aromatic carbocycles. The minimum Gasteiger partial charge on any atom is -0.387 e. The lowest BCUT2D eigenvalue weighted by Crippen LogP contribution is -2.45. The van der Waals surface area contributed by atoms with Crippen molar-refractivity contribution in [2.45, 2.75) is 180 Å². The molecule has 3 unspecified atom stereocenters. The number of quaternary nitrogens is 1. The van der Waals surface area contributed by atoms with Crippen molar-refractivity contribution in [1.82, 2.24) is 5.32 Å². The Balaban J connectivity index is 4.21. The zero-order chi connectivity index (χ0) is 47.1. The van der Waals surface area contributed by atoms with Gasteiger partial charge < -0.3 is 19.8 Å². The third kappa shape index (κ3) is 46.9. The number of likely N-dealkylation sites (N-methyl/N-ethyl adjacent to an activating group) is 1. The van der Waals surface area contributed by atoms with Crippen molar-refractivity contribution in [3.8, 4) is 0 Å². The average molecular weight is 910 g/mol. The molecule has 0 rings (SSSR count). The number of carbonyl (C=O) groups is 1. The molecule has 0 aromatic rings. The largest absolute Gasteiger partial charge is 0.472 e. The highest BCUT2D eigenvalue weighted by Gasteiger charge is 2.27. The Bertz CT molecular complexity index is 1450. The van der Waals surface area contributed by atoms with Crippen LogP contribution in [0.4, 0.5) is 0 Å². The van der Waals surface area contributed by atoms with E-state index in [1.807, 2.05) is 27.2 Å². The van der Waals surface area contributed by atoms with Crippen LogP contribution in [0.5, 0.6) is 0 Å². The van der Waals surface area contributed by atoms with Crippen LogP contribution in [-0.2, 0) is 18.4 Å². The standard InChI is InChI=1S/C55H93N2O6P/c1-6-8-10-12-14-16-17-18-19-20-21-22-23-24-25-26-27-28-29-30-31-32-33-34-35-36-37-38-39-41-43-45-47-49-55(59)56-53(52-63-64(60,61)62-51-50-57(3,4)5)54(58)48-46-44-42-40-15-13-11-9-7-2/h8,10,14,16,18-19,21-22,24-25,27-28,30-31,33-34,36-37,46,48,53-54,58H,6-7,9,11-13,15,17,20,23,26,29,32,35,38-45,47,49-52H2,1-5H3,(H-,56,59,60,61)/p+1/b10-8-,16-14-,19-18-,22-21-,25-24-,28-27-,31-30-,34-33-,37-36-,48-46+. The first kappa shape index (κ1) is 60.9. The molecular weight excluding hydrogens is 816 g/mol. The highest BCUT2D eigenvalue weighted by atomic mass is 31.2. The quantitative estimate of drug-likeness (QED) is 0.0244. The molecule has 8 nitrogen and oxygen atoms in total. The smallest absolute Gasteiger partial charge is 0.387 e. The molecule has 64 heavy (non-hydrogen) atoms. The molecule has 0 aromatic heterocycles. The summed E-state index contributed by atoms with van der Waals surface area (Å²) in [6.07, 6.45) is 67.2. The lowest BCUT2D eigenvalue weighted by atomic mass is 10.1. The Morgan fingerprint density at radius 1 is 0.547 bits per heavy atom. The van der Waals surface area contributed by atoms with Gasteiger partial charge >= 0.3 is 7.82 Å². The highest BCUT2D eigenvalue weighted by molar-refractivity contribution is 7.47. The van der Waals surface area contributed by atoms with Crippen LogP contribution in [0, 0.1) is 0 Å². The molecule has 0 aliphatic rings. The summed E-state index contributed by atoms with van der Waals surface area (Å²) in [7, 11) is 1.53. The van der Waals surface area contributed by atoms with Gasteiger partial charge in [-0.15, -0.1) is 0 Å². The minimum absolute atomic E-state index is 0.0502. The van der Waals surface area contributed by atoms with E-state index in [9.17, 15) is 19.4 Å². The molecule has 9 heteroatoms. The van der Waals surface area contributed by atoms with Crippen molar-refractivity contribution in [3.63, 3.8) is 0 Å². The van der Waals surface area contributed by atoms with Crippen molar-refractivity contribution in [2.24, 2.45) is 0 Å². The van der Waals surface area contributed by atoms with Crippen LogP contribution in [0.25, 0.3) is 0 Å². The second-order valence-corrected chi connectivity index (χ2v) is 18.9. The van der Waals surface area contributed by atoms with Crippen molar-refractivity contribution >= 4 is 13.7 Å². The molecule has 0 aliphatic heterocycles. The normalized spacial score (nSPS) is 15.2. The number of allylic oxidation sites excluding steroid dienone is 19. The molecule has 364 valence electrons. The van der Waals surface area contributed by atoms with Gasteiger partial charge in [0.15, 0.2) is 0 Å². The van der Waals surface area contributed by atoms with Gasteiger partial charge in [-0.2, -0.15) is 0 Å². The third-order valence-electron chi connectivity index (χ3n) is 10.2. The lowest BCUT2D eigenvalue weighted by Gasteiger charge is -2.25. The number of phosphoric ester groups is 1. The van der Waals surface area contributed by atoms with E-state index in [0.717, 1.165) is 116 Å². The molecule has 0 saturated carbocycles. The zero-order valence-electron chi connectivity index (χ0n) is 41.2. The Morgan fingerprint density at radius 2 is 0.938 bits per heavy atom. The maximum atomic E-state index is 12.9. The fourth-order valence-corrected chi connectivity index (χ4v) is 7.00. The average Bonchev–Trinajstić information content (AvgIpc) is 3.25. The minimum atomic E-state index is -4.35. The van der Waals surface area contributed by atoms with Gasteiger partial charge in [0.25, 0.3) is 0 Å². The molecule has 0 heterocycles. The Labute approximate surface area is 393 Å². The van der Waals surface area contributed by atoms with Gasteiger partial charge in [0.1, 0.15) is 13.2 Å². The van der Waals surface area contributed by atoms with E-state index in [-0.39, 0.29) is 19.1 Å². The number of aliphatic hydroxyl groups excluding tert-OH is 1. The van der Waals surface area contributed by atoms with Gasteiger partial charge in [-0.1, -0.05) is 193 Å². The maximum Gasteiger partial charge on any atom is 0.472 e. The van der Waals surface area contributed by atoms with Crippen LogP contribution in [0.1, 0.15) is 168 Å². The number of amides is 1. The van der Waals surface area contributed by atoms with Gasteiger partial charge in [0, 0.05) is 6.42 Å². The molecule has 0 spiro atoms. The van der Waals surface area contributed by atoms with Crippen LogP contribution in [0.3, 0.4) is 0 Å². The second-order valence-electron chi connectivity index (χ2n) is 17.5. The summed E-state index contributed by atoms with van der Waals surface area (Å²) < 4.78 is 23.5. The number of unbranched alkanes of at least 4 members (excludes halogenated alkanes) is 12. The summed E-state index contributed by atoms with van der Waals surface area (Å²) >= 11 is 0. The third-order valence-corrected chi connectivity index (χ3v) is 11.2. The van der Waals surface area contributed by atoms with Crippen LogP contribution >= 0.6 is 7.82 Å². The monoisotopic (exact) mass is 910 g/mol. The number of hydrogen-bond acceptors (Lipinski definition) is 5. The number of phosphoric acid groups is 1. The molecule has 0 radical (unpaired) electrons. The molecule has 0 bridgehead atoms. The van der Waals surface area contributed by atoms with Crippen molar-refractivity contribution < 1.29 is 32.9 Å². The summed E-state index contributed by atoms with van der Waals surface area (Å²) in [5.74, 6) is -0.205. The van der Waals surface area contributed by atoms with Crippen molar-refractivity contribution in [2.75, 3.05) is 40.9 Å². The zero-order valence-corrected chi connectivity index (χ0v) is 42.1. The van der Waals surface area contributed by atoms with E-state index >= 15 is 0 Å². The first-order chi connectivity index (χ1) is 31.0. The van der Waals surface area contributed by atoms with Crippen LogP contribution < -0.4 is 5.32 Å². The molecule has 0 fully saturated rings. The fraction of sp³-hybridized carbons (Fsp3) is 0.618. The van der Waals surface area contributed by atoms with E-state index < -0.39 is 20.0 Å². The fourth-order valence-electron chi connectivity index (χ4n) is 6.27. The number of aliphatic hydroxyl groups is 1. The topological polar surface area (TPSA) is 105 Å². The second kappa shape index (κ2) is 45.1. The van der Waals surface area contributed by atoms with E-state index in [1.54, 1.807) is 6.08 Å². The van der Waals surface area contributed by atoms with Gasteiger partial charge in [0.2, 0.25) is 5.91 Å². The molecule has 1 amide bonds. The maximum absolute atomic E-state index is 12.9. The summed E-state index contributed by atoms with van der Waals surface area (Å²) in [5, 5.41) is 13.8. The summed E-state index contributed by atoms with van der Waals surface area (Å²) in [5.41, 5.74) is 0. The van der Waals surface area contributed by atoms with Crippen LogP contribution in [-0.4, -0.2) is 73.4 Å². The SMILES string of the molecule is CC/C=C\C/C=C\C/C=C\C/C=C\C/C=C\C/C=C\C/C=C\C/C=C\C/C=C\CCCCCCCC(=O)NC(COP(=O)(O)OCC[N+](C)(C)C)C(O)/C=C/CCCCCCCCC. The van der Waals surface area contributed by atoms with Gasteiger partial charge in [-0.05, 0) is 89.9 Å². The van der Waals surface area contributed by atoms with E-state index in [2.05, 4.69) is 129 Å². The number of carbonyl (C=O) groups excluding carboxylic acids is 1. The van der Waals surface area contributed by atoms with Gasteiger partial charge in [-0.3, -0.25) is 13.8 Å². The van der Waals surface area contributed by atoms with Crippen LogP contribution in [0.15, 0.2) is 122 Å². The summed E-state index contributed by atoms with van der Waals surface area (Å²) in [4.78, 5) is 23.1. The predicted molar refractivity (Wildman–Crippen MR) is 276 cm³/mol. The number of hydrogen-bond donors (Lipinski definition) is 3. The molecular formula is C55H94N2O6P+. The molecule has 3 atom stereocenters. The Morgan fingerprint density at radius 3 is 1.38 bits per heavy atom. The van der Waals surface area contributed by atoms with Crippen molar-refractivity contribution in [3.05, 3.63) is 122 Å². The highest BCUT2D eigenvalue weighted by Crippen LogP contribution is 2.43. The number of nitrogens with one attached hydrogen (secondary N) is 1. The van der Waals surface area contributed by atoms with Gasteiger partial charge in [-0.25, -0.2) is 4.57 Å². The first-order valence-electron chi connectivity index (χ1n) is 24.9. The number of rotatable bonds is 43. The number of nitrogens with zero attached hydrogens (tertiary/aromatic N) is 1. The van der Waals surface area contributed by atoms with Crippen molar-refractivity contribution in [1.29, 1.82) is 0 Å². The predicted octanol–water partition coefficient (Wildman–Crippen LogP) is 14.6. The van der Waals surface area contributed by atoms with Gasteiger partial charge in [0.05, 0.1) is 39.9 Å². The Kier molecular flexibility index (Phi) is 42.9. The molecule has 0 aliphatic carbocycles. The first-order valence-corrected chi connectivity index (χ1v) is 26.4. The van der Waals surface area contributed by atoms with E-state index in [4.69, 9.17) is 9.05 Å². The van der Waals surface area contributed by atoms with E-state index in [1.165, 1.54) is 32.1 Å². The summed E-state index contributed by atoms with van der Waals surface area (Å²) in [6.45, 7) is 4.62. The summed E-state index contributed by atoms with van der Waals surface area (Å²) in [6, 6.07) is -0.864. The van der Waals surface area contributed by atoms with Crippen LogP contribution in [0.2, 0.25) is 0 Å². The Hall–Kier alpha value is -3.10. The lowest BCUT2D eigenvalue weighted by molar-refractivity contribution is -0.870. The molecule has 3 N–H and O–H groups in total. The van der Waals surface area contributed by atoms with E-state index in [0.29, 0.717) is 17.4 Å². The molecule has 0 saturated heterocycles.